The summed E-state index contributed by atoms with van der Waals surface area (Å²) in [6.07, 6.45) is 1.77. The van der Waals surface area contributed by atoms with Crippen LogP contribution in [-0.4, -0.2) is 20.8 Å². The number of imidazole rings is 1. The Morgan fingerprint density at radius 2 is 1.82 bits per heavy atom. The minimum absolute atomic E-state index is 0. The Morgan fingerprint density at radius 3 is 2.35 bits per heavy atom. The van der Waals surface area contributed by atoms with Crippen LogP contribution in [0.5, 0.6) is 0 Å². The summed E-state index contributed by atoms with van der Waals surface area (Å²) in [5, 5.41) is 17.1. The van der Waals surface area contributed by atoms with Gasteiger partial charge in [0.1, 0.15) is 0 Å². The monoisotopic (exact) mass is 253 g/mol. The molecule has 1 aromatic heterocycles. The van der Waals surface area contributed by atoms with E-state index in [1.165, 1.54) is 0 Å². The van der Waals surface area contributed by atoms with Crippen LogP contribution in [0.25, 0.3) is 11.0 Å². The van der Waals surface area contributed by atoms with Crippen molar-refractivity contribution in [2.45, 2.75) is 13.1 Å². The first-order valence-corrected chi connectivity index (χ1v) is 5.24. The predicted octanol–water partition coefficient (Wildman–Crippen LogP) is 1.52. The maximum Gasteiger partial charge on any atom is 0.203 e. The second kappa shape index (κ2) is 5.70. The van der Waals surface area contributed by atoms with E-state index in [0.717, 1.165) is 11.0 Å². The minimum Gasteiger partial charge on any atom is -0.395 e. The van der Waals surface area contributed by atoms with Crippen molar-refractivity contribution >= 4 is 23.4 Å². The molecule has 0 spiro atoms. The molecule has 2 rings (SSSR count). The summed E-state index contributed by atoms with van der Waals surface area (Å²) in [5.41, 5.74) is 2.37. The summed E-state index contributed by atoms with van der Waals surface area (Å²) in [5.74, 6) is 0. The third kappa shape index (κ3) is 2.28. The van der Waals surface area contributed by atoms with Crippen molar-refractivity contribution in [3.05, 3.63) is 42.5 Å². The molecule has 2 aromatic rings. The number of halogens is 1. The second-order valence-corrected chi connectivity index (χ2v) is 3.59. The number of hydrogen-bond acceptors (Lipinski definition) is 2. The summed E-state index contributed by atoms with van der Waals surface area (Å²) >= 11 is 0. The predicted molar refractivity (Wildman–Crippen MR) is 70.3 cm³/mol. The molecule has 0 fully saturated rings. The van der Waals surface area contributed by atoms with Crippen molar-refractivity contribution in [1.82, 2.24) is 9.13 Å². The lowest BCUT2D eigenvalue weighted by Gasteiger charge is -2.00. The van der Waals surface area contributed by atoms with Gasteiger partial charge in [-0.1, -0.05) is 18.2 Å². The molecule has 0 bridgehead atoms. The second-order valence-electron chi connectivity index (χ2n) is 3.59. The highest BCUT2D eigenvalue weighted by Crippen LogP contribution is 2.12. The molecule has 0 aliphatic carbocycles. The van der Waals surface area contributed by atoms with Gasteiger partial charge in [0.05, 0.1) is 17.6 Å². The van der Waals surface area contributed by atoms with Crippen LogP contribution in [0.1, 0.15) is 0 Å². The summed E-state index contributed by atoms with van der Waals surface area (Å²) in [7, 11) is 0. The molecule has 0 atom stereocenters. The Kier molecular flexibility index (Phi) is 4.54. The first-order valence-electron chi connectivity index (χ1n) is 5.24. The highest BCUT2D eigenvalue weighted by Gasteiger charge is 2.08. The number of fused-ring (bicyclic) bond motifs is 1. The van der Waals surface area contributed by atoms with E-state index in [0.29, 0.717) is 18.7 Å². The molecule has 0 saturated carbocycles. The van der Waals surface area contributed by atoms with E-state index in [-0.39, 0.29) is 19.0 Å². The SMILES string of the molecule is C=CCn1c(=N)n(CCO)c2ccccc21.Cl. The van der Waals surface area contributed by atoms with Crippen LogP contribution in [0.2, 0.25) is 0 Å². The van der Waals surface area contributed by atoms with Gasteiger partial charge in [-0.2, -0.15) is 0 Å². The fourth-order valence-corrected chi connectivity index (χ4v) is 1.93. The molecular weight excluding hydrogens is 238 g/mol. The van der Waals surface area contributed by atoms with Crippen molar-refractivity contribution in [2.24, 2.45) is 0 Å². The summed E-state index contributed by atoms with van der Waals surface area (Å²) in [4.78, 5) is 0. The molecule has 92 valence electrons. The zero-order valence-electron chi connectivity index (χ0n) is 9.47. The molecule has 0 aliphatic heterocycles. The number of aromatic nitrogens is 2. The topological polar surface area (TPSA) is 53.9 Å². The van der Waals surface area contributed by atoms with Gasteiger partial charge in [-0.15, -0.1) is 19.0 Å². The van der Waals surface area contributed by atoms with Gasteiger partial charge in [0.2, 0.25) is 5.62 Å². The molecule has 1 heterocycles. The van der Waals surface area contributed by atoms with Crippen molar-refractivity contribution in [3.8, 4) is 0 Å². The van der Waals surface area contributed by atoms with E-state index in [1.54, 1.807) is 10.6 Å². The number of benzene rings is 1. The molecule has 0 aliphatic rings. The molecule has 2 N–H and O–H groups in total. The Labute approximate surface area is 106 Å². The fourth-order valence-electron chi connectivity index (χ4n) is 1.93. The zero-order valence-corrected chi connectivity index (χ0v) is 10.3. The summed E-state index contributed by atoms with van der Waals surface area (Å²) in [6, 6.07) is 7.83. The van der Waals surface area contributed by atoms with Crippen LogP contribution in [0.3, 0.4) is 0 Å². The van der Waals surface area contributed by atoms with Gasteiger partial charge < -0.3 is 14.2 Å². The summed E-state index contributed by atoms with van der Waals surface area (Å²) in [6.45, 7) is 4.79. The van der Waals surface area contributed by atoms with Crippen molar-refractivity contribution in [2.75, 3.05) is 6.61 Å². The van der Waals surface area contributed by atoms with Gasteiger partial charge in [0.25, 0.3) is 0 Å². The van der Waals surface area contributed by atoms with Crippen molar-refractivity contribution in [1.29, 1.82) is 5.41 Å². The van der Waals surface area contributed by atoms with Crippen molar-refractivity contribution < 1.29 is 5.11 Å². The van der Waals surface area contributed by atoms with Gasteiger partial charge in [-0.05, 0) is 12.1 Å². The summed E-state index contributed by atoms with van der Waals surface area (Å²) < 4.78 is 3.68. The first-order chi connectivity index (χ1) is 7.79. The molecule has 17 heavy (non-hydrogen) atoms. The Balaban J connectivity index is 0.00000144. The lowest BCUT2D eigenvalue weighted by molar-refractivity contribution is 0.274. The number of rotatable bonds is 4. The van der Waals surface area contributed by atoms with E-state index in [1.807, 2.05) is 28.8 Å². The van der Waals surface area contributed by atoms with Crippen LogP contribution in [-0.2, 0) is 13.1 Å². The quantitative estimate of drug-likeness (QED) is 0.798. The van der Waals surface area contributed by atoms with Crippen LogP contribution in [0, 0.1) is 5.41 Å². The number of hydrogen-bond donors (Lipinski definition) is 2. The number of aliphatic hydroxyl groups excluding tert-OH is 1. The van der Waals surface area contributed by atoms with E-state index in [4.69, 9.17) is 10.5 Å². The van der Waals surface area contributed by atoms with Crippen LogP contribution in [0.15, 0.2) is 36.9 Å². The van der Waals surface area contributed by atoms with Gasteiger partial charge in [-0.25, -0.2) is 0 Å². The van der Waals surface area contributed by atoms with Gasteiger partial charge in [-0.3, -0.25) is 5.41 Å². The average Bonchev–Trinajstić information content (AvgIpc) is 2.56. The third-order valence-corrected chi connectivity index (χ3v) is 2.61. The molecular formula is C12H16ClN3O. The van der Waals surface area contributed by atoms with Gasteiger partial charge >= 0.3 is 0 Å². The number of nitrogens with zero attached hydrogens (tertiary/aromatic N) is 2. The Morgan fingerprint density at radius 1 is 1.24 bits per heavy atom. The normalized spacial score (nSPS) is 10.2. The fraction of sp³-hybridized carbons (Fsp3) is 0.250. The molecule has 0 saturated heterocycles. The molecule has 5 heteroatoms. The third-order valence-electron chi connectivity index (χ3n) is 2.61. The van der Waals surface area contributed by atoms with E-state index in [2.05, 4.69) is 6.58 Å². The number of para-hydroxylation sites is 2. The van der Waals surface area contributed by atoms with Crippen molar-refractivity contribution in [3.63, 3.8) is 0 Å². The Bertz CT molecular complexity index is 571. The molecule has 0 radical (unpaired) electrons. The highest BCUT2D eigenvalue weighted by molar-refractivity contribution is 5.85. The van der Waals surface area contributed by atoms with E-state index >= 15 is 0 Å². The first kappa shape index (κ1) is 13.5. The van der Waals surface area contributed by atoms with Gasteiger partial charge in [0, 0.05) is 13.1 Å². The molecule has 4 nitrogen and oxygen atoms in total. The smallest absolute Gasteiger partial charge is 0.203 e. The molecule has 0 unspecified atom stereocenters. The molecule has 0 amide bonds. The van der Waals surface area contributed by atoms with E-state index < -0.39 is 0 Å². The van der Waals surface area contributed by atoms with Crippen LogP contribution in [0.4, 0.5) is 0 Å². The van der Waals surface area contributed by atoms with Gasteiger partial charge in [0.15, 0.2) is 0 Å². The molecule has 1 aromatic carbocycles. The number of allylic oxidation sites excluding steroid dienone is 1. The standard InChI is InChI=1S/C12H15N3O.ClH/c1-2-7-14-10-5-3-4-6-11(10)15(8-9-16)12(14)13;/h2-6,13,16H,1,7-9H2;1H. The number of aliphatic hydroxyl groups is 1. The lowest BCUT2D eigenvalue weighted by atomic mass is 10.3. The average molecular weight is 254 g/mol. The maximum absolute atomic E-state index is 9.01. The minimum atomic E-state index is 0. The van der Waals surface area contributed by atoms with Crippen LogP contribution >= 0.6 is 12.4 Å². The zero-order chi connectivity index (χ0) is 11.5. The van der Waals surface area contributed by atoms with E-state index in [9.17, 15) is 0 Å². The number of nitrogens with one attached hydrogen (secondary N) is 1. The van der Waals surface area contributed by atoms with Crippen LogP contribution < -0.4 is 5.62 Å². The largest absolute Gasteiger partial charge is 0.395 e. The highest BCUT2D eigenvalue weighted by atomic mass is 35.5. The lowest BCUT2D eigenvalue weighted by Crippen LogP contribution is -2.25. The Hall–Kier alpha value is -1.52. The maximum atomic E-state index is 9.01.